The van der Waals surface area contributed by atoms with E-state index in [4.69, 9.17) is 14.2 Å². The minimum atomic E-state index is -0.312. The molecule has 0 spiro atoms. The van der Waals surface area contributed by atoms with Crippen LogP contribution in [0.15, 0.2) is 12.4 Å². The summed E-state index contributed by atoms with van der Waals surface area (Å²) in [5.41, 5.74) is 0. The molecule has 1 N–H and O–H groups in total. The molecule has 0 saturated heterocycles. The summed E-state index contributed by atoms with van der Waals surface area (Å²) >= 11 is 0. The SMILES string of the molecule is CC(=O)OCC1COc2c[nH]cc2O1. The highest BCUT2D eigenvalue weighted by Crippen LogP contribution is 2.30. The number of hydrogen-bond acceptors (Lipinski definition) is 4. The Balaban J connectivity index is 1.91. The van der Waals surface area contributed by atoms with Gasteiger partial charge >= 0.3 is 5.97 Å². The fourth-order valence-corrected chi connectivity index (χ4v) is 1.23. The zero-order valence-corrected chi connectivity index (χ0v) is 7.78. The number of carbonyl (C=O) groups is 1. The third-order valence-corrected chi connectivity index (χ3v) is 1.86. The summed E-state index contributed by atoms with van der Waals surface area (Å²) in [6.07, 6.45) is 3.20. The monoisotopic (exact) mass is 197 g/mol. The molecule has 0 amide bonds. The number of nitrogens with one attached hydrogen (secondary N) is 1. The second-order valence-electron chi connectivity index (χ2n) is 3.04. The minimum absolute atomic E-state index is 0.220. The largest absolute Gasteiger partial charge is 0.484 e. The van der Waals surface area contributed by atoms with Crippen molar-refractivity contribution >= 4 is 5.97 Å². The predicted molar refractivity (Wildman–Crippen MR) is 47.3 cm³/mol. The summed E-state index contributed by atoms with van der Waals surface area (Å²) in [7, 11) is 0. The Bertz CT molecular complexity index is 333. The summed E-state index contributed by atoms with van der Waals surface area (Å²) in [5.74, 6) is 1.05. The molecule has 1 aliphatic rings. The molecule has 1 atom stereocenters. The van der Waals surface area contributed by atoms with Gasteiger partial charge in [0.2, 0.25) is 0 Å². The average Bonchev–Trinajstić information content (AvgIpc) is 2.61. The van der Waals surface area contributed by atoms with E-state index in [0.29, 0.717) is 18.1 Å². The summed E-state index contributed by atoms with van der Waals surface area (Å²) in [4.78, 5) is 13.4. The van der Waals surface area contributed by atoms with Crippen molar-refractivity contribution in [2.45, 2.75) is 13.0 Å². The molecule has 2 heterocycles. The molecule has 1 aliphatic heterocycles. The van der Waals surface area contributed by atoms with Gasteiger partial charge in [0.15, 0.2) is 17.6 Å². The number of aromatic amines is 1. The molecule has 0 fully saturated rings. The van der Waals surface area contributed by atoms with Crippen LogP contribution in [0.5, 0.6) is 11.5 Å². The maximum absolute atomic E-state index is 10.6. The lowest BCUT2D eigenvalue weighted by Gasteiger charge is -2.23. The van der Waals surface area contributed by atoms with Crippen LogP contribution in [0.2, 0.25) is 0 Å². The van der Waals surface area contributed by atoms with Gasteiger partial charge in [0, 0.05) is 19.3 Å². The van der Waals surface area contributed by atoms with E-state index >= 15 is 0 Å². The number of carbonyl (C=O) groups excluding carboxylic acids is 1. The van der Waals surface area contributed by atoms with Crippen LogP contribution >= 0.6 is 0 Å². The molecule has 5 nitrogen and oxygen atoms in total. The van der Waals surface area contributed by atoms with Crippen LogP contribution in [0.3, 0.4) is 0 Å². The fourth-order valence-electron chi connectivity index (χ4n) is 1.23. The smallest absolute Gasteiger partial charge is 0.302 e. The zero-order chi connectivity index (χ0) is 9.97. The molecule has 1 aromatic rings. The zero-order valence-electron chi connectivity index (χ0n) is 7.78. The van der Waals surface area contributed by atoms with Gasteiger partial charge in [-0.1, -0.05) is 0 Å². The van der Waals surface area contributed by atoms with E-state index in [1.807, 2.05) is 0 Å². The van der Waals surface area contributed by atoms with Crippen molar-refractivity contribution in [3.63, 3.8) is 0 Å². The molecular formula is C9H11NO4. The van der Waals surface area contributed by atoms with E-state index < -0.39 is 0 Å². The lowest BCUT2D eigenvalue weighted by molar-refractivity contribution is -0.144. The first kappa shape index (κ1) is 8.93. The standard InChI is InChI=1S/C9H11NO4/c1-6(11)12-4-7-5-13-8-2-10-3-9(8)14-7/h2-3,7,10H,4-5H2,1H3. The Labute approximate surface area is 81.0 Å². The van der Waals surface area contributed by atoms with Gasteiger partial charge in [-0.15, -0.1) is 0 Å². The van der Waals surface area contributed by atoms with E-state index in [0.717, 1.165) is 0 Å². The number of rotatable bonds is 2. The van der Waals surface area contributed by atoms with Crippen LogP contribution < -0.4 is 9.47 Å². The van der Waals surface area contributed by atoms with Gasteiger partial charge in [-0.05, 0) is 0 Å². The van der Waals surface area contributed by atoms with Crippen molar-refractivity contribution in [1.82, 2.24) is 4.98 Å². The van der Waals surface area contributed by atoms with E-state index in [-0.39, 0.29) is 18.7 Å². The van der Waals surface area contributed by atoms with Crippen LogP contribution in [-0.4, -0.2) is 30.3 Å². The Hall–Kier alpha value is -1.65. The van der Waals surface area contributed by atoms with Gasteiger partial charge in [0.05, 0.1) is 0 Å². The number of fused-ring (bicyclic) bond motifs is 1. The summed E-state index contributed by atoms with van der Waals surface area (Å²) in [6.45, 7) is 1.99. The van der Waals surface area contributed by atoms with Crippen molar-refractivity contribution < 1.29 is 19.0 Å². The van der Waals surface area contributed by atoms with Crippen LogP contribution in [0.1, 0.15) is 6.92 Å². The van der Waals surface area contributed by atoms with Crippen molar-refractivity contribution in [3.05, 3.63) is 12.4 Å². The topological polar surface area (TPSA) is 60.5 Å². The molecule has 5 heteroatoms. The maximum Gasteiger partial charge on any atom is 0.302 e. The molecule has 14 heavy (non-hydrogen) atoms. The van der Waals surface area contributed by atoms with E-state index in [1.54, 1.807) is 12.4 Å². The molecule has 1 unspecified atom stereocenters. The number of hydrogen-bond donors (Lipinski definition) is 1. The highest BCUT2D eigenvalue weighted by atomic mass is 16.6. The van der Waals surface area contributed by atoms with Gasteiger partial charge < -0.3 is 19.2 Å². The fraction of sp³-hybridized carbons (Fsp3) is 0.444. The lowest BCUT2D eigenvalue weighted by Crippen LogP contribution is -2.33. The van der Waals surface area contributed by atoms with Crippen LogP contribution in [0, 0.1) is 0 Å². The van der Waals surface area contributed by atoms with Crippen LogP contribution in [0.4, 0.5) is 0 Å². The Morgan fingerprint density at radius 1 is 1.64 bits per heavy atom. The van der Waals surface area contributed by atoms with Crippen molar-refractivity contribution in [2.24, 2.45) is 0 Å². The second kappa shape index (κ2) is 3.61. The Morgan fingerprint density at radius 3 is 3.21 bits per heavy atom. The molecule has 76 valence electrons. The Kier molecular flexibility index (Phi) is 2.30. The molecule has 2 rings (SSSR count). The Morgan fingerprint density at radius 2 is 2.43 bits per heavy atom. The third kappa shape index (κ3) is 1.81. The minimum Gasteiger partial charge on any atom is -0.484 e. The first-order valence-electron chi connectivity index (χ1n) is 4.35. The average molecular weight is 197 g/mol. The van der Waals surface area contributed by atoms with Crippen LogP contribution in [-0.2, 0) is 9.53 Å². The first-order valence-corrected chi connectivity index (χ1v) is 4.35. The lowest BCUT2D eigenvalue weighted by atomic mass is 10.3. The van der Waals surface area contributed by atoms with Crippen molar-refractivity contribution in [2.75, 3.05) is 13.2 Å². The van der Waals surface area contributed by atoms with Crippen molar-refractivity contribution in [3.8, 4) is 11.5 Å². The number of ether oxygens (including phenoxy) is 3. The summed E-state index contributed by atoms with van der Waals surface area (Å²) in [5, 5.41) is 0. The van der Waals surface area contributed by atoms with Gasteiger partial charge in [-0.25, -0.2) is 0 Å². The summed E-state index contributed by atoms with van der Waals surface area (Å²) in [6, 6.07) is 0. The third-order valence-electron chi connectivity index (χ3n) is 1.86. The second-order valence-corrected chi connectivity index (χ2v) is 3.04. The van der Waals surface area contributed by atoms with Crippen molar-refractivity contribution in [1.29, 1.82) is 0 Å². The quantitative estimate of drug-likeness (QED) is 0.709. The number of aromatic nitrogens is 1. The number of esters is 1. The van der Waals surface area contributed by atoms with Gasteiger partial charge in [-0.2, -0.15) is 0 Å². The molecule has 0 aliphatic carbocycles. The first-order chi connectivity index (χ1) is 6.75. The van der Waals surface area contributed by atoms with E-state index in [1.165, 1.54) is 6.92 Å². The van der Waals surface area contributed by atoms with Gasteiger partial charge in [0.1, 0.15) is 13.2 Å². The molecular weight excluding hydrogens is 186 g/mol. The van der Waals surface area contributed by atoms with E-state index in [9.17, 15) is 4.79 Å². The highest BCUT2D eigenvalue weighted by Gasteiger charge is 2.22. The van der Waals surface area contributed by atoms with Crippen LogP contribution in [0.25, 0.3) is 0 Å². The molecule has 0 radical (unpaired) electrons. The molecule has 0 aromatic carbocycles. The molecule has 0 bridgehead atoms. The van der Waals surface area contributed by atoms with Gasteiger partial charge in [-0.3, -0.25) is 4.79 Å². The van der Waals surface area contributed by atoms with Gasteiger partial charge in [0.25, 0.3) is 0 Å². The highest BCUT2D eigenvalue weighted by molar-refractivity contribution is 5.65. The molecule has 0 saturated carbocycles. The normalized spacial score (nSPS) is 19.1. The maximum atomic E-state index is 10.6. The molecule has 1 aromatic heterocycles. The number of H-pyrrole nitrogens is 1. The van der Waals surface area contributed by atoms with E-state index in [2.05, 4.69) is 4.98 Å². The predicted octanol–water partition coefficient (Wildman–Crippen LogP) is 0.718. The summed E-state index contributed by atoms with van der Waals surface area (Å²) < 4.78 is 15.7.